The molecule has 1 aromatic heterocycles. The Morgan fingerprint density at radius 1 is 1.10 bits per heavy atom. The third-order valence-corrected chi connectivity index (χ3v) is 4.88. The van der Waals surface area contributed by atoms with Crippen molar-refractivity contribution in [2.45, 2.75) is 6.92 Å². The number of amides is 1. The Morgan fingerprint density at radius 3 is 2.48 bits per heavy atom. The van der Waals surface area contributed by atoms with Crippen LogP contribution in [0.5, 0.6) is 5.75 Å². The predicted octanol–water partition coefficient (Wildman–Crippen LogP) is 4.83. The molecule has 0 aliphatic heterocycles. The smallest absolute Gasteiger partial charge is 0.279 e. The van der Waals surface area contributed by atoms with Crippen molar-refractivity contribution in [1.82, 2.24) is 9.78 Å². The van der Waals surface area contributed by atoms with Crippen molar-refractivity contribution in [2.75, 3.05) is 11.9 Å². The minimum Gasteiger partial charge on any atom is -0.494 e. The maximum Gasteiger partial charge on any atom is 0.279 e. The second kappa shape index (κ2) is 8.57. The molecule has 0 spiro atoms. The van der Waals surface area contributed by atoms with E-state index in [0.29, 0.717) is 34.5 Å². The second-order valence-corrected chi connectivity index (χ2v) is 7.03. The largest absolute Gasteiger partial charge is 0.494 e. The number of halogens is 2. The summed E-state index contributed by atoms with van der Waals surface area (Å²) in [4.78, 5) is 26.0. The molecule has 0 aliphatic carbocycles. The van der Waals surface area contributed by atoms with Crippen LogP contribution >= 0.6 is 11.6 Å². The van der Waals surface area contributed by atoms with Gasteiger partial charge in [0.15, 0.2) is 5.69 Å². The Balaban J connectivity index is 1.80. The van der Waals surface area contributed by atoms with Crippen molar-refractivity contribution in [3.8, 4) is 11.4 Å². The highest BCUT2D eigenvalue weighted by atomic mass is 35.5. The van der Waals surface area contributed by atoms with Crippen LogP contribution in [-0.4, -0.2) is 22.3 Å². The van der Waals surface area contributed by atoms with Crippen LogP contribution in [0.25, 0.3) is 16.5 Å². The van der Waals surface area contributed by atoms with Crippen LogP contribution in [0.3, 0.4) is 0 Å². The van der Waals surface area contributed by atoms with Gasteiger partial charge in [-0.1, -0.05) is 29.8 Å². The second-order valence-electron chi connectivity index (χ2n) is 6.62. The molecule has 0 aliphatic rings. The minimum absolute atomic E-state index is 0.0459. The number of nitrogens with one attached hydrogen (secondary N) is 1. The Labute approximate surface area is 181 Å². The summed E-state index contributed by atoms with van der Waals surface area (Å²) in [7, 11) is 0. The molecule has 0 saturated heterocycles. The molecule has 1 heterocycles. The fourth-order valence-electron chi connectivity index (χ4n) is 3.15. The lowest BCUT2D eigenvalue weighted by Gasteiger charge is -2.12. The van der Waals surface area contributed by atoms with Crippen LogP contribution in [0.1, 0.15) is 17.4 Å². The fourth-order valence-corrected chi connectivity index (χ4v) is 3.33. The minimum atomic E-state index is -0.590. The number of nitrogens with zero attached hydrogens (tertiary/aromatic N) is 2. The lowest BCUT2D eigenvalue weighted by atomic mass is 10.1. The maximum atomic E-state index is 13.4. The van der Waals surface area contributed by atoms with Crippen molar-refractivity contribution >= 4 is 34.0 Å². The average molecular weight is 438 g/mol. The van der Waals surface area contributed by atoms with E-state index in [4.69, 9.17) is 16.3 Å². The molecule has 0 radical (unpaired) electrons. The summed E-state index contributed by atoms with van der Waals surface area (Å²) in [5.74, 6) is -0.489. The summed E-state index contributed by atoms with van der Waals surface area (Å²) in [6, 6.07) is 17.4. The maximum absolute atomic E-state index is 13.4. The molecule has 3 aromatic carbocycles. The van der Waals surface area contributed by atoms with Crippen LogP contribution in [0.2, 0.25) is 5.02 Å². The number of anilines is 1. The van der Waals surface area contributed by atoms with E-state index in [1.54, 1.807) is 48.5 Å². The molecule has 1 amide bonds. The van der Waals surface area contributed by atoms with Crippen LogP contribution in [-0.2, 0) is 0 Å². The third kappa shape index (κ3) is 4.13. The lowest BCUT2D eigenvalue weighted by molar-refractivity contribution is 0.102. The molecule has 0 unspecified atom stereocenters. The Kier molecular flexibility index (Phi) is 5.68. The van der Waals surface area contributed by atoms with Gasteiger partial charge in [-0.05, 0) is 55.5 Å². The molecule has 4 rings (SSSR count). The number of carbonyl (C=O) groups excluding carboxylic acids is 1. The zero-order valence-electron chi connectivity index (χ0n) is 16.4. The highest BCUT2D eigenvalue weighted by Crippen LogP contribution is 2.22. The van der Waals surface area contributed by atoms with Crippen LogP contribution in [0.15, 0.2) is 71.5 Å². The first-order valence-corrected chi connectivity index (χ1v) is 9.87. The molecule has 1 N–H and O–H groups in total. The zero-order chi connectivity index (χ0) is 22.0. The van der Waals surface area contributed by atoms with Crippen LogP contribution in [0.4, 0.5) is 10.1 Å². The summed E-state index contributed by atoms with van der Waals surface area (Å²) < 4.78 is 20.0. The van der Waals surface area contributed by atoms with E-state index < -0.39 is 11.7 Å². The van der Waals surface area contributed by atoms with Gasteiger partial charge in [0, 0.05) is 11.1 Å². The molecule has 0 fully saturated rings. The Bertz CT molecular complexity index is 1340. The van der Waals surface area contributed by atoms with E-state index in [1.165, 1.54) is 16.8 Å². The Hall–Kier alpha value is -3.71. The van der Waals surface area contributed by atoms with Gasteiger partial charge >= 0.3 is 0 Å². The number of rotatable bonds is 5. The summed E-state index contributed by atoms with van der Waals surface area (Å²) >= 11 is 5.80. The van der Waals surface area contributed by atoms with Crippen molar-refractivity contribution in [2.24, 2.45) is 0 Å². The van der Waals surface area contributed by atoms with Crippen LogP contribution < -0.4 is 15.6 Å². The molecule has 4 aromatic rings. The molecule has 6 nitrogen and oxygen atoms in total. The van der Waals surface area contributed by atoms with Crippen molar-refractivity contribution in [3.63, 3.8) is 0 Å². The summed E-state index contributed by atoms with van der Waals surface area (Å²) in [5.41, 5.74) is 0.477. The van der Waals surface area contributed by atoms with Gasteiger partial charge in [-0.2, -0.15) is 9.78 Å². The van der Waals surface area contributed by atoms with E-state index in [-0.39, 0.29) is 16.3 Å². The van der Waals surface area contributed by atoms with Crippen molar-refractivity contribution in [3.05, 3.63) is 93.6 Å². The van der Waals surface area contributed by atoms with E-state index >= 15 is 0 Å². The van der Waals surface area contributed by atoms with Gasteiger partial charge in [0.05, 0.1) is 22.7 Å². The number of hydrogen-bond acceptors (Lipinski definition) is 4. The van der Waals surface area contributed by atoms with Gasteiger partial charge in [0.25, 0.3) is 11.5 Å². The summed E-state index contributed by atoms with van der Waals surface area (Å²) in [6.45, 7) is 2.40. The molecule has 156 valence electrons. The number of hydrogen-bond donors (Lipinski definition) is 1. The van der Waals surface area contributed by atoms with Crippen molar-refractivity contribution in [1.29, 1.82) is 0 Å². The molecule has 0 bridgehead atoms. The third-order valence-electron chi connectivity index (χ3n) is 4.59. The summed E-state index contributed by atoms with van der Waals surface area (Å²) in [6.07, 6.45) is 0. The first-order chi connectivity index (χ1) is 15.0. The zero-order valence-corrected chi connectivity index (χ0v) is 17.2. The van der Waals surface area contributed by atoms with Gasteiger partial charge in [0.2, 0.25) is 0 Å². The van der Waals surface area contributed by atoms with E-state index in [0.717, 1.165) is 6.07 Å². The Morgan fingerprint density at radius 2 is 1.81 bits per heavy atom. The van der Waals surface area contributed by atoms with Gasteiger partial charge in [0.1, 0.15) is 11.6 Å². The monoisotopic (exact) mass is 437 g/mol. The number of aromatic nitrogens is 2. The molecular weight excluding hydrogens is 421 g/mol. The topological polar surface area (TPSA) is 73.2 Å². The van der Waals surface area contributed by atoms with Gasteiger partial charge in [-0.3, -0.25) is 9.59 Å². The molecule has 0 saturated carbocycles. The predicted molar refractivity (Wildman–Crippen MR) is 118 cm³/mol. The number of carbonyl (C=O) groups is 1. The average Bonchev–Trinajstić information content (AvgIpc) is 2.77. The van der Waals surface area contributed by atoms with E-state index in [9.17, 15) is 14.0 Å². The molecular formula is C23H17ClFN3O3. The molecule has 0 atom stereocenters. The number of ether oxygens (including phenoxy) is 1. The number of fused-ring (bicyclic) bond motifs is 1. The normalized spacial score (nSPS) is 10.8. The van der Waals surface area contributed by atoms with E-state index in [1.807, 2.05) is 6.92 Å². The highest BCUT2D eigenvalue weighted by molar-refractivity contribution is 6.31. The molecule has 8 heteroatoms. The van der Waals surface area contributed by atoms with Crippen LogP contribution in [0, 0.1) is 5.82 Å². The highest BCUT2D eigenvalue weighted by Gasteiger charge is 2.18. The van der Waals surface area contributed by atoms with Gasteiger partial charge in [-0.25, -0.2) is 4.39 Å². The fraction of sp³-hybridized carbons (Fsp3) is 0.0870. The van der Waals surface area contributed by atoms with E-state index in [2.05, 4.69) is 10.4 Å². The standard InChI is InChI=1S/C23H17ClFN3O3/c1-2-31-16-10-8-15(9-11-16)28-23(30)18-6-4-3-5-17(18)21(27-28)22(29)26-14-7-12-20(25)19(24)13-14/h3-13H,2H2,1H3,(H,26,29). The first kappa shape index (κ1) is 20.6. The van der Waals surface area contributed by atoms with Gasteiger partial charge < -0.3 is 10.1 Å². The SMILES string of the molecule is CCOc1ccc(-n2nc(C(=O)Nc3ccc(F)c(Cl)c3)c3ccccc3c2=O)cc1. The van der Waals surface area contributed by atoms with Crippen molar-refractivity contribution < 1.29 is 13.9 Å². The number of benzene rings is 3. The first-order valence-electron chi connectivity index (χ1n) is 9.49. The van der Waals surface area contributed by atoms with Gasteiger partial charge in [-0.15, -0.1) is 0 Å². The molecule has 31 heavy (non-hydrogen) atoms. The summed E-state index contributed by atoms with van der Waals surface area (Å²) in [5, 5.41) is 7.61. The lowest BCUT2D eigenvalue weighted by Crippen LogP contribution is -2.26. The quantitative estimate of drug-likeness (QED) is 0.485.